The van der Waals surface area contributed by atoms with E-state index in [0.29, 0.717) is 23.8 Å². The number of aliphatic hydroxyl groups excluding tert-OH is 1. The second-order valence-electron chi connectivity index (χ2n) is 6.19. The maximum absolute atomic E-state index is 9.08. The van der Waals surface area contributed by atoms with E-state index in [2.05, 4.69) is 33.6 Å². The first-order chi connectivity index (χ1) is 12.7. The largest absolute Gasteiger partial charge is 0.396 e. The molecule has 3 aromatic rings. The van der Waals surface area contributed by atoms with Crippen LogP contribution in [0, 0.1) is 0 Å². The number of benzene rings is 2. The molecular weight excluding hydrogens is 348 g/mol. The van der Waals surface area contributed by atoms with Gasteiger partial charge in [-0.1, -0.05) is 54.1 Å². The van der Waals surface area contributed by atoms with Crippen LogP contribution in [0.5, 0.6) is 0 Å². The Morgan fingerprint density at radius 3 is 2.58 bits per heavy atom. The van der Waals surface area contributed by atoms with Gasteiger partial charge in [0, 0.05) is 23.7 Å². The molecule has 2 aromatic carbocycles. The Morgan fingerprint density at radius 2 is 1.85 bits per heavy atom. The summed E-state index contributed by atoms with van der Waals surface area (Å²) < 4.78 is 1.89. The monoisotopic (exact) mass is 366 g/mol. The molecule has 0 saturated carbocycles. The van der Waals surface area contributed by atoms with E-state index in [4.69, 9.17) is 16.7 Å². The molecule has 1 aliphatic heterocycles. The SMILES string of the molecule is OCCCc1nc2n(n1)[C@@H](c1ccc(Cl)cc1)C=C(c1ccccc1)N2. The number of nitrogens with zero attached hydrogens (tertiary/aromatic N) is 3. The van der Waals surface area contributed by atoms with E-state index in [9.17, 15) is 0 Å². The molecule has 1 atom stereocenters. The second-order valence-corrected chi connectivity index (χ2v) is 6.63. The lowest BCUT2D eigenvalue weighted by molar-refractivity contribution is 0.287. The number of hydrogen-bond donors (Lipinski definition) is 2. The minimum Gasteiger partial charge on any atom is -0.396 e. The van der Waals surface area contributed by atoms with Crippen LogP contribution in [-0.2, 0) is 6.42 Å². The molecule has 6 heteroatoms. The quantitative estimate of drug-likeness (QED) is 0.718. The molecule has 132 valence electrons. The molecule has 2 N–H and O–H groups in total. The highest BCUT2D eigenvalue weighted by Gasteiger charge is 2.25. The minimum absolute atomic E-state index is 0.0749. The predicted octanol–water partition coefficient (Wildman–Crippen LogP) is 3.91. The van der Waals surface area contributed by atoms with Crippen LogP contribution in [-0.4, -0.2) is 26.5 Å². The summed E-state index contributed by atoms with van der Waals surface area (Å²) in [6, 6.07) is 17.9. The average Bonchev–Trinajstić information content (AvgIpc) is 3.10. The summed E-state index contributed by atoms with van der Waals surface area (Å²) in [6.07, 6.45) is 3.44. The summed E-state index contributed by atoms with van der Waals surface area (Å²) in [5.74, 6) is 1.43. The maximum Gasteiger partial charge on any atom is 0.226 e. The van der Waals surface area contributed by atoms with Gasteiger partial charge in [0.1, 0.15) is 6.04 Å². The molecule has 0 unspecified atom stereocenters. The van der Waals surface area contributed by atoms with Crippen molar-refractivity contribution < 1.29 is 5.11 Å². The smallest absolute Gasteiger partial charge is 0.226 e. The standard InChI is InChI=1S/C20H19ClN4O/c21-16-10-8-15(9-11-16)18-13-17(14-5-2-1-3-6-14)22-20-23-19(7-4-12-26)24-25(18)20/h1-3,5-6,8-11,13,18,26H,4,7,12H2,(H,22,23,24)/t18-/m1/s1. The molecule has 0 radical (unpaired) electrons. The number of halogens is 1. The van der Waals surface area contributed by atoms with Gasteiger partial charge in [-0.15, -0.1) is 0 Å². The van der Waals surface area contributed by atoms with Crippen molar-refractivity contribution in [3.8, 4) is 0 Å². The van der Waals surface area contributed by atoms with Crippen molar-refractivity contribution in [2.24, 2.45) is 0 Å². The Hall–Kier alpha value is -2.63. The van der Waals surface area contributed by atoms with Gasteiger partial charge < -0.3 is 10.4 Å². The summed E-state index contributed by atoms with van der Waals surface area (Å²) in [5, 5.41) is 17.8. The number of aromatic nitrogens is 3. The van der Waals surface area contributed by atoms with Crippen LogP contribution in [0.1, 0.15) is 29.4 Å². The van der Waals surface area contributed by atoms with Gasteiger partial charge in [0.15, 0.2) is 5.82 Å². The van der Waals surface area contributed by atoms with Gasteiger partial charge in [0.25, 0.3) is 0 Å². The number of rotatable bonds is 5. The highest BCUT2D eigenvalue weighted by atomic mass is 35.5. The van der Waals surface area contributed by atoms with Crippen LogP contribution >= 0.6 is 11.6 Å². The molecule has 4 rings (SSSR count). The fraction of sp³-hybridized carbons (Fsp3) is 0.200. The molecule has 5 nitrogen and oxygen atoms in total. The molecule has 2 heterocycles. The van der Waals surface area contributed by atoms with Crippen molar-refractivity contribution >= 4 is 23.2 Å². The number of fused-ring (bicyclic) bond motifs is 1. The van der Waals surface area contributed by atoms with Gasteiger partial charge in [-0.3, -0.25) is 0 Å². The van der Waals surface area contributed by atoms with Crippen molar-refractivity contribution in [3.05, 3.63) is 82.6 Å². The summed E-state index contributed by atoms with van der Waals surface area (Å²) in [4.78, 5) is 4.62. The van der Waals surface area contributed by atoms with Gasteiger partial charge in [0.05, 0.1) is 0 Å². The fourth-order valence-corrected chi connectivity index (χ4v) is 3.19. The molecular formula is C20H19ClN4O. The van der Waals surface area contributed by atoms with Gasteiger partial charge in [-0.2, -0.15) is 10.1 Å². The third-order valence-corrected chi connectivity index (χ3v) is 4.62. The van der Waals surface area contributed by atoms with Gasteiger partial charge in [-0.05, 0) is 35.8 Å². The van der Waals surface area contributed by atoms with E-state index in [-0.39, 0.29) is 12.6 Å². The van der Waals surface area contributed by atoms with Crippen molar-refractivity contribution in [1.29, 1.82) is 0 Å². The summed E-state index contributed by atoms with van der Waals surface area (Å²) in [6.45, 7) is 0.130. The van der Waals surface area contributed by atoms with Gasteiger partial charge >= 0.3 is 0 Å². The summed E-state index contributed by atoms with van der Waals surface area (Å²) in [5.41, 5.74) is 3.18. The topological polar surface area (TPSA) is 63.0 Å². The number of hydrogen-bond acceptors (Lipinski definition) is 4. The Balaban J connectivity index is 1.76. The molecule has 0 fully saturated rings. The zero-order valence-corrected chi connectivity index (χ0v) is 14.9. The molecule has 26 heavy (non-hydrogen) atoms. The second kappa shape index (κ2) is 7.32. The first kappa shape index (κ1) is 16.8. The highest BCUT2D eigenvalue weighted by molar-refractivity contribution is 6.30. The van der Waals surface area contributed by atoms with Crippen LogP contribution < -0.4 is 5.32 Å². The molecule has 0 saturated heterocycles. The van der Waals surface area contributed by atoms with Crippen molar-refractivity contribution in [1.82, 2.24) is 14.8 Å². The number of nitrogens with one attached hydrogen (secondary N) is 1. The maximum atomic E-state index is 9.08. The van der Waals surface area contributed by atoms with Crippen LogP contribution in [0.3, 0.4) is 0 Å². The van der Waals surface area contributed by atoms with Crippen LogP contribution in [0.25, 0.3) is 5.70 Å². The van der Waals surface area contributed by atoms with Crippen molar-refractivity contribution in [2.75, 3.05) is 11.9 Å². The third kappa shape index (κ3) is 3.36. The number of allylic oxidation sites excluding steroid dienone is 1. The Bertz CT molecular complexity index is 919. The van der Waals surface area contributed by atoms with E-state index in [1.165, 1.54) is 0 Å². The lowest BCUT2D eigenvalue weighted by Gasteiger charge is -2.24. The lowest BCUT2D eigenvalue weighted by Crippen LogP contribution is -2.20. The van der Waals surface area contributed by atoms with Crippen molar-refractivity contribution in [2.45, 2.75) is 18.9 Å². The highest BCUT2D eigenvalue weighted by Crippen LogP contribution is 2.33. The number of aliphatic hydroxyl groups is 1. The van der Waals surface area contributed by atoms with Crippen molar-refractivity contribution in [3.63, 3.8) is 0 Å². The summed E-state index contributed by atoms with van der Waals surface area (Å²) in [7, 11) is 0. The summed E-state index contributed by atoms with van der Waals surface area (Å²) >= 11 is 6.05. The Morgan fingerprint density at radius 1 is 1.08 bits per heavy atom. The predicted molar refractivity (Wildman–Crippen MR) is 103 cm³/mol. The Kier molecular flexibility index (Phi) is 4.73. The van der Waals surface area contributed by atoms with Gasteiger partial charge in [-0.25, -0.2) is 4.68 Å². The molecule has 0 aliphatic carbocycles. The molecule has 0 amide bonds. The van der Waals surface area contributed by atoms with E-state index in [1.807, 2.05) is 47.1 Å². The minimum atomic E-state index is -0.0749. The van der Waals surface area contributed by atoms with Crippen LogP contribution in [0.2, 0.25) is 5.02 Å². The first-order valence-corrected chi connectivity index (χ1v) is 8.98. The number of aryl methyl sites for hydroxylation is 1. The average molecular weight is 367 g/mol. The van der Waals surface area contributed by atoms with E-state index in [0.717, 1.165) is 22.6 Å². The number of anilines is 1. The fourth-order valence-electron chi connectivity index (χ4n) is 3.06. The van der Waals surface area contributed by atoms with Gasteiger partial charge in [0.2, 0.25) is 5.95 Å². The normalized spacial score (nSPS) is 15.9. The zero-order chi connectivity index (χ0) is 17.9. The lowest BCUT2D eigenvalue weighted by atomic mass is 10.0. The molecule has 0 spiro atoms. The first-order valence-electron chi connectivity index (χ1n) is 8.60. The van der Waals surface area contributed by atoms with E-state index < -0.39 is 0 Å². The van der Waals surface area contributed by atoms with Crippen LogP contribution in [0.4, 0.5) is 5.95 Å². The van der Waals surface area contributed by atoms with Crippen LogP contribution in [0.15, 0.2) is 60.7 Å². The molecule has 1 aromatic heterocycles. The third-order valence-electron chi connectivity index (χ3n) is 4.36. The molecule has 0 bridgehead atoms. The molecule has 1 aliphatic rings. The zero-order valence-electron chi connectivity index (χ0n) is 14.1. The Labute approximate surface area is 157 Å². The van der Waals surface area contributed by atoms with E-state index in [1.54, 1.807) is 0 Å². The van der Waals surface area contributed by atoms with E-state index >= 15 is 0 Å².